The van der Waals surface area contributed by atoms with Crippen LogP contribution in [0.15, 0.2) is 0 Å². The molecule has 0 aromatic heterocycles. The number of carbonyl (C=O) groups is 2. The third-order valence-electron chi connectivity index (χ3n) is 2.50. The van der Waals surface area contributed by atoms with E-state index in [2.05, 4.69) is 12.2 Å². The number of hydrogen-bond acceptors (Lipinski definition) is 2. The summed E-state index contributed by atoms with van der Waals surface area (Å²) in [6.45, 7) is 3.94. The van der Waals surface area contributed by atoms with Crippen LogP contribution in [0.25, 0.3) is 0 Å². The van der Waals surface area contributed by atoms with Gasteiger partial charge in [0.2, 0.25) is 0 Å². The van der Waals surface area contributed by atoms with Crippen molar-refractivity contribution in [3.8, 4) is 0 Å². The van der Waals surface area contributed by atoms with Crippen LogP contribution in [0.5, 0.6) is 0 Å². The number of carbonyl (C=O) groups excluding carboxylic acids is 2. The Labute approximate surface area is 124 Å². The minimum absolute atomic E-state index is 0. The Balaban J connectivity index is 0. The van der Waals surface area contributed by atoms with Crippen molar-refractivity contribution in [3.05, 3.63) is 0 Å². The van der Waals surface area contributed by atoms with Gasteiger partial charge in [0.25, 0.3) is 5.91 Å². The van der Waals surface area contributed by atoms with Gasteiger partial charge in [0, 0.05) is 13.3 Å². The molecule has 1 saturated heterocycles. The normalized spacial score (nSPS) is 24.1. The molecule has 1 atom stereocenters. The Kier molecular flexibility index (Phi) is 9.29. The van der Waals surface area contributed by atoms with Gasteiger partial charge < -0.3 is 48.0 Å². The standard InChI is InChI=1S/C9H16N2O2.2HI/c1-3-4-5-6-9(2)7(12)10-8(13)11-9;;/h3-6H2,1-2H3,(H2,10,11,12,13);2*1H/p-1. The fourth-order valence-corrected chi connectivity index (χ4v) is 1.57. The summed E-state index contributed by atoms with van der Waals surface area (Å²) in [6, 6.07) is -0.246. The molecule has 4 nitrogen and oxygen atoms in total. The van der Waals surface area contributed by atoms with E-state index < -0.39 is 5.54 Å². The van der Waals surface area contributed by atoms with Crippen LogP contribution < -0.4 is 58.6 Å². The van der Waals surface area contributed by atoms with E-state index in [1.807, 2.05) is 6.92 Å². The van der Waals surface area contributed by atoms with Crippen molar-refractivity contribution in [2.75, 3.05) is 0 Å². The van der Waals surface area contributed by atoms with Crippen molar-refractivity contribution >= 4 is 11.9 Å². The average Bonchev–Trinajstić information content (AvgIpc) is 2.27. The number of primary amides is 1. The topological polar surface area (TPSA) is 62.8 Å². The Bertz CT molecular complexity index is 236. The highest BCUT2D eigenvalue weighted by atomic mass is 127. The summed E-state index contributed by atoms with van der Waals surface area (Å²) in [6.07, 6.45) is 4.03. The lowest BCUT2D eigenvalue weighted by atomic mass is 9.95. The molecule has 15 heavy (non-hydrogen) atoms. The number of halogens is 2. The van der Waals surface area contributed by atoms with Gasteiger partial charge in [-0.05, 0) is 6.42 Å². The summed E-state index contributed by atoms with van der Waals surface area (Å²) in [5, 5.41) is 3.81. The van der Waals surface area contributed by atoms with E-state index in [9.17, 15) is 9.59 Å². The van der Waals surface area contributed by atoms with Crippen molar-refractivity contribution < 1.29 is 62.9 Å². The first-order valence-electron chi connectivity index (χ1n) is 4.80. The van der Waals surface area contributed by atoms with Gasteiger partial charge >= 0.3 is 6.03 Å². The van der Waals surface area contributed by atoms with Gasteiger partial charge in [0.05, 0.1) is 0 Å². The van der Waals surface area contributed by atoms with Gasteiger partial charge in [-0.3, -0.25) is 10.1 Å². The monoisotopic (exact) mass is 439 g/mol. The second-order valence-electron chi connectivity index (χ2n) is 3.84. The maximum Gasteiger partial charge on any atom is 0.420 e. The molecule has 1 aliphatic heterocycles. The average molecular weight is 439 g/mol. The fraction of sp³-hybridized carbons (Fsp3) is 0.778. The predicted molar refractivity (Wildman–Crippen MR) is 48.0 cm³/mol. The van der Waals surface area contributed by atoms with Crippen molar-refractivity contribution in [2.45, 2.75) is 45.1 Å². The summed E-state index contributed by atoms with van der Waals surface area (Å²) >= 11 is 0. The van der Waals surface area contributed by atoms with Crippen molar-refractivity contribution in [2.24, 2.45) is 0 Å². The van der Waals surface area contributed by atoms with Crippen LogP contribution in [-0.4, -0.2) is 17.5 Å². The van der Waals surface area contributed by atoms with Crippen LogP contribution in [0.3, 0.4) is 0 Å². The number of urea groups is 1. The highest BCUT2D eigenvalue weighted by molar-refractivity contribution is 5.99. The maximum atomic E-state index is 11.3. The van der Waals surface area contributed by atoms with Crippen molar-refractivity contribution in [1.29, 1.82) is 0 Å². The highest BCUT2D eigenvalue weighted by Gasteiger charge is 2.46. The molecule has 1 aliphatic rings. The van der Waals surface area contributed by atoms with Gasteiger partial charge in [0.1, 0.15) is 0 Å². The first-order chi connectivity index (χ1) is 6.08. The molecule has 1 fully saturated rings. The smallest absolute Gasteiger partial charge is 0.420 e. The second-order valence-corrected chi connectivity index (χ2v) is 3.84. The molecule has 1 unspecified atom stereocenters. The van der Waals surface area contributed by atoms with Gasteiger partial charge in [-0.1, -0.05) is 19.8 Å². The van der Waals surface area contributed by atoms with Crippen LogP contribution in [0.1, 0.15) is 39.5 Å². The number of imide groups is 1. The maximum absolute atomic E-state index is 11.3. The third kappa shape index (κ3) is 4.94. The molecule has 0 aromatic carbocycles. The Morgan fingerprint density at radius 2 is 1.87 bits per heavy atom. The number of hydrogen-bond donors (Lipinski definition) is 2. The van der Waals surface area contributed by atoms with E-state index in [0.29, 0.717) is 0 Å². The molecule has 3 N–H and O–H groups in total. The van der Waals surface area contributed by atoms with Gasteiger partial charge in [-0.25, -0.2) is 10.1 Å². The van der Waals surface area contributed by atoms with E-state index in [-0.39, 0.29) is 59.9 Å². The van der Waals surface area contributed by atoms with E-state index >= 15 is 0 Å². The summed E-state index contributed by atoms with van der Waals surface area (Å²) in [4.78, 5) is 22.3. The summed E-state index contributed by atoms with van der Waals surface area (Å²) in [5.74, 6) is -0.145. The van der Waals surface area contributed by atoms with E-state index in [0.717, 1.165) is 25.7 Å². The third-order valence-corrected chi connectivity index (χ3v) is 2.50. The SMILES string of the molecule is CCCCCC1(C)[NH2+]C(=O)NC1=O.[I-].[I-]. The Morgan fingerprint density at radius 3 is 2.27 bits per heavy atom. The zero-order valence-electron chi connectivity index (χ0n) is 8.98. The van der Waals surface area contributed by atoms with Gasteiger partial charge in [0.15, 0.2) is 5.54 Å². The molecule has 0 spiro atoms. The molecule has 0 bridgehead atoms. The predicted octanol–water partition coefficient (Wildman–Crippen LogP) is -5.85. The Morgan fingerprint density at radius 1 is 1.27 bits per heavy atom. The molecule has 1 heterocycles. The minimum Gasteiger partial charge on any atom is -1.00 e. The summed E-state index contributed by atoms with van der Waals surface area (Å²) < 4.78 is 0. The molecular formula is C9H17I2N2O2-. The van der Waals surface area contributed by atoms with Crippen molar-refractivity contribution in [3.63, 3.8) is 0 Å². The van der Waals surface area contributed by atoms with E-state index in [1.54, 1.807) is 0 Å². The first kappa shape index (κ1) is 17.9. The number of rotatable bonds is 4. The largest absolute Gasteiger partial charge is 1.00 e. The lowest BCUT2D eigenvalue weighted by Crippen LogP contribution is -3.00. The van der Waals surface area contributed by atoms with E-state index in [1.165, 1.54) is 5.32 Å². The molecule has 6 heteroatoms. The number of nitrogens with two attached hydrogens (primary N) is 1. The van der Waals surface area contributed by atoms with Crippen LogP contribution in [0.4, 0.5) is 4.79 Å². The van der Waals surface area contributed by atoms with Crippen LogP contribution >= 0.6 is 0 Å². The molecule has 0 aromatic rings. The molecule has 0 aliphatic carbocycles. The zero-order valence-corrected chi connectivity index (χ0v) is 13.3. The van der Waals surface area contributed by atoms with Crippen LogP contribution in [-0.2, 0) is 4.79 Å². The van der Waals surface area contributed by atoms with Crippen molar-refractivity contribution in [1.82, 2.24) is 5.32 Å². The first-order valence-corrected chi connectivity index (χ1v) is 4.80. The molecule has 0 radical (unpaired) electrons. The lowest BCUT2D eigenvalue weighted by molar-refractivity contribution is -0.609. The Hall–Kier alpha value is 0.560. The van der Waals surface area contributed by atoms with E-state index in [4.69, 9.17) is 0 Å². The summed E-state index contributed by atoms with van der Waals surface area (Å²) in [7, 11) is 0. The zero-order chi connectivity index (χ0) is 9.90. The molecule has 1 rings (SSSR count). The molecule has 3 amide bonds. The molecule has 90 valence electrons. The lowest BCUT2D eigenvalue weighted by Gasteiger charge is -2.15. The van der Waals surface area contributed by atoms with Crippen LogP contribution in [0, 0.1) is 0 Å². The van der Waals surface area contributed by atoms with Crippen LogP contribution in [0.2, 0.25) is 0 Å². The second kappa shape index (κ2) is 7.77. The summed E-state index contributed by atoms with van der Waals surface area (Å²) in [5.41, 5.74) is -0.549. The number of unbranched alkanes of at least 4 members (excludes halogenated alkanes) is 2. The number of amides is 3. The number of nitrogens with one attached hydrogen (secondary N) is 1. The fourth-order valence-electron chi connectivity index (χ4n) is 1.57. The van der Waals surface area contributed by atoms with Gasteiger partial charge in [-0.15, -0.1) is 0 Å². The number of quaternary nitrogens is 1. The quantitative estimate of drug-likeness (QED) is 0.261. The molecular weight excluding hydrogens is 422 g/mol. The molecule has 0 saturated carbocycles. The van der Waals surface area contributed by atoms with Gasteiger partial charge in [-0.2, -0.15) is 0 Å². The highest BCUT2D eigenvalue weighted by Crippen LogP contribution is 2.12. The minimum atomic E-state index is -0.549.